The molecule has 2 amide bonds. The highest BCUT2D eigenvalue weighted by Gasteiger charge is 2.24. The number of methoxy groups -OCH3 is 1. The maximum absolute atomic E-state index is 12.7. The Bertz CT molecular complexity index is 854. The fourth-order valence-electron chi connectivity index (χ4n) is 3.29. The predicted octanol–water partition coefficient (Wildman–Crippen LogP) is 2.05. The lowest BCUT2D eigenvalue weighted by Crippen LogP contribution is -2.51. The molecule has 2 aromatic carbocycles. The van der Waals surface area contributed by atoms with Crippen molar-refractivity contribution in [3.05, 3.63) is 59.7 Å². The van der Waals surface area contributed by atoms with Gasteiger partial charge in [0.2, 0.25) is 11.8 Å². The quantitative estimate of drug-likeness (QED) is 0.438. The molecule has 4 N–H and O–H groups in total. The van der Waals surface area contributed by atoms with Crippen LogP contribution in [0.1, 0.15) is 25.0 Å². The van der Waals surface area contributed by atoms with E-state index in [1.807, 2.05) is 50.2 Å². The third kappa shape index (κ3) is 7.61. The van der Waals surface area contributed by atoms with Crippen LogP contribution in [0.2, 0.25) is 0 Å². The number of amides is 2. The molecule has 0 aliphatic heterocycles. The van der Waals surface area contributed by atoms with E-state index in [9.17, 15) is 19.8 Å². The van der Waals surface area contributed by atoms with Crippen LogP contribution in [0.3, 0.4) is 0 Å². The molecule has 0 saturated heterocycles. The van der Waals surface area contributed by atoms with Crippen molar-refractivity contribution in [1.29, 1.82) is 0 Å². The number of phenolic OH excluding ortho intramolecular Hbond substituents is 1. The highest BCUT2D eigenvalue weighted by molar-refractivity contribution is 5.88. The van der Waals surface area contributed by atoms with Gasteiger partial charge in [-0.15, -0.1) is 0 Å². The van der Waals surface area contributed by atoms with E-state index in [0.717, 1.165) is 11.1 Å². The van der Waals surface area contributed by atoms with E-state index < -0.39 is 6.04 Å². The topological polar surface area (TPSA) is 108 Å². The van der Waals surface area contributed by atoms with Crippen molar-refractivity contribution in [2.75, 3.05) is 20.3 Å². The Morgan fingerprint density at radius 1 is 1.06 bits per heavy atom. The first-order valence-electron chi connectivity index (χ1n) is 10.4. The summed E-state index contributed by atoms with van der Waals surface area (Å²) in [5, 5.41) is 25.3. The molecule has 0 aromatic heterocycles. The molecule has 31 heavy (non-hydrogen) atoms. The van der Waals surface area contributed by atoms with E-state index in [1.165, 1.54) is 7.11 Å². The number of carbonyl (C=O) groups excluding carboxylic acids is 2. The number of aliphatic hydroxyl groups excluding tert-OH is 1. The van der Waals surface area contributed by atoms with Crippen molar-refractivity contribution in [3.8, 4) is 11.5 Å². The van der Waals surface area contributed by atoms with E-state index in [4.69, 9.17) is 4.74 Å². The average molecular weight is 429 g/mol. The largest absolute Gasteiger partial charge is 0.504 e. The Hall–Kier alpha value is -3.06. The number of aliphatic hydroxyl groups is 1. The van der Waals surface area contributed by atoms with Gasteiger partial charge >= 0.3 is 0 Å². The van der Waals surface area contributed by atoms with Gasteiger partial charge in [0.15, 0.2) is 11.5 Å². The Kier molecular flexibility index (Phi) is 9.34. The number of hydrogen-bond donors (Lipinski definition) is 4. The Labute approximate surface area is 183 Å². The van der Waals surface area contributed by atoms with Crippen LogP contribution >= 0.6 is 0 Å². The molecule has 7 nitrogen and oxygen atoms in total. The normalized spacial score (nSPS) is 12.8. The van der Waals surface area contributed by atoms with Gasteiger partial charge in [0.05, 0.1) is 13.5 Å². The van der Waals surface area contributed by atoms with Crippen LogP contribution in [-0.2, 0) is 22.4 Å². The van der Waals surface area contributed by atoms with Crippen molar-refractivity contribution in [3.63, 3.8) is 0 Å². The van der Waals surface area contributed by atoms with Crippen LogP contribution in [0.4, 0.5) is 0 Å². The first-order chi connectivity index (χ1) is 14.8. The summed E-state index contributed by atoms with van der Waals surface area (Å²) < 4.78 is 5.04. The average Bonchev–Trinajstić information content (AvgIpc) is 2.75. The van der Waals surface area contributed by atoms with Crippen LogP contribution in [0.15, 0.2) is 48.5 Å². The number of hydrogen-bond acceptors (Lipinski definition) is 5. The van der Waals surface area contributed by atoms with E-state index in [-0.39, 0.29) is 49.0 Å². The fraction of sp³-hybridized carbons (Fsp3) is 0.417. The zero-order valence-electron chi connectivity index (χ0n) is 18.3. The van der Waals surface area contributed by atoms with Crippen molar-refractivity contribution in [2.24, 2.45) is 11.8 Å². The van der Waals surface area contributed by atoms with Gasteiger partial charge in [-0.1, -0.05) is 50.2 Å². The molecule has 0 bridgehead atoms. The lowest BCUT2D eigenvalue weighted by molar-refractivity contribution is -0.129. The van der Waals surface area contributed by atoms with Gasteiger partial charge in [-0.05, 0) is 35.6 Å². The van der Waals surface area contributed by atoms with Crippen molar-refractivity contribution in [2.45, 2.75) is 32.7 Å². The van der Waals surface area contributed by atoms with Gasteiger partial charge < -0.3 is 25.6 Å². The van der Waals surface area contributed by atoms with E-state index in [1.54, 1.807) is 12.1 Å². The second-order valence-electron chi connectivity index (χ2n) is 7.96. The molecule has 0 fully saturated rings. The molecule has 2 atom stereocenters. The maximum atomic E-state index is 12.7. The minimum atomic E-state index is -0.666. The van der Waals surface area contributed by atoms with Gasteiger partial charge in [0.1, 0.15) is 6.04 Å². The van der Waals surface area contributed by atoms with Gasteiger partial charge in [0.25, 0.3) is 0 Å². The van der Waals surface area contributed by atoms with E-state index >= 15 is 0 Å². The van der Waals surface area contributed by atoms with Gasteiger partial charge in [-0.2, -0.15) is 0 Å². The van der Waals surface area contributed by atoms with Crippen molar-refractivity contribution >= 4 is 11.8 Å². The van der Waals surface area contributed by atoms with E-state index in [0.29, 0.717) is 12.2 Å². The zero-order valence-corrected chi connectivity index (χ0v) is 18.3. The van der Waals surface area contributed by atoms with Crippen LogP contribution in [0.25, 0.3) is 0 Å². The molecule has 0 saturated carbocycles. The monoisotopic (exact) mass is 428 g/mol. The summed E-state index contributed by atoms with van der Waals surface area (Å²) >= 11 is 0. The summed E-state index contributed by atoms with van der Waals surface area (Å²) in [7, 11) is 1.48. The number of rotatable bonds is 11. The standard InChI is InChI=1S/C24H32N2O5/c1-16(2)23(26-22(29)13-17-7-5-4-6-8-17)24(30)25-14-19(15-27)11-18-9-10-21(31-3)20(28)12-18/h4-10,12,16,19,23,27-28H,11,13-15H2,1-3H3,(H,25,30)(H,26,29)/t19-,23-/m0/s1. The van der Waals surface area contributed by atoms with Crippen molar-refractivity contribution in [1.82, 2.24) is 10.6 Å². The molecule has 0 aliphatic carbocycles. The van der Waals surface area contributed by atoms with Crippen molar-refractivity contribution < 1.29 is 24.5 Å². The Morgan fingerprint density at radius 3 is 2.35 bits per heavy atom. The number of ether oxygens (including phenoxy) is 1. The number of carbonyl (C=O) groups is 2. The highest BCUT2D eigenvalue weighted by Crippen LogP contribution is 2.27. The number of benzene rings is 2. The minimum Gasteiger partial charge on any atom is -0.504 e. The summed E-state index contributed by atoms with van der Waals surface area (Å²) in [6, 6.07) is 13.7. The lowest BCUT2D eigenvalue weighted by Gasteiger charge is -2.23. The summed E-state index contributed by atoms with van der Waals surface area (Å²) in [6.07, 6.45) is 0.679. The summed E-state index contributed by atoms with van der Waals surface area (Å²) in [4.78, 5) is 25.1. The van der Waals surface area contributed by atoms with Gasteiger partial charge in [-0.3, -0.25) is 9.59 Å². The third-order valence-corrected chi connectivity index (χ3v) is 5.06. The first-order valence-corrected chi connectivity index (χ1v) is 10.4. The van der Waals surface area contributed by atoms with Crippen LogP contribution in [0, 0.1) is 11.8 Å². The molecule has 7 heteroatoms. The fourth-order valence-corrected chi connectivity index (χ4v) is 3.29. The van der Waals surface area contributed by atoms with Crippen LogP contribution in [0.5, 0.6) is 11.5 Å². The smallest absolute Gasteiger partial charge is 0.242 e. The third-order valence-electron chi connectivity index (χ3n) is 5.06. The number of nitrogens with one attached hydrogen (secondary N) is 2. The second kappa shape index (κ2) is 12.0. The molecule has 0 radical (unpaired) electrons. The summed E-state index contributed by atoms with van der Waals surface area (Å²) in [5.41, 5.74) is 1.70. The van der Waals surface area contributed by atoms with E-state index in [2.05, 4.69) is 10.6 Å². The number of phenols is 1. The minimum absolute atomic E-state index is 0.0294. The summed E-state index contributed by atoms with van der Waals surface area (Å²) in [5.74, 6) is -0.416. The molecule has 168 valence electrons. The molecule has 0 heterocycles. The van der Waals surface area contributed by atoms with Crippen LogP contribution in [-0.4, -0.2) is 48.3 Å². The molecule has 0 spiro atoms. The number of aromatic hydroxyl groups is 1. The van der Waals surface area contributed by atoms with Gasteiger partial charge in [-0.25, -0.2) is 0 Å². The first kappa shape index (κ1) is 24.2. The predicted molar refractivity (Wildman–Crippen MR) is 119 cm³/mol. The Balaban J connectivity index is 1.91. The molecular weight excluding hydrogens is 396 g/mol. The molecule has 0 aliphatic rings. The SMILES string of the molecule is COc1ccc(C[C@H](CO)CNC(=O)[C@@H](NC(=O)Cc2ccccc2)C(C)C)cc1O. The molecular formula is C24H32N2O5. The molecule has 2 rings (SSSR count). The molecule has 2 aromatic rings. The summed E-state index contributed by atoms with van der Waals surface area (Å²) in [6.45, 7) is 3.87. The maximum Gasteiger partial charge on any atom is 0.242 e. The Morgan fingerprint density at radius 2 is 1.77 bits per heavy atom. The zero-order chi connectivity index (χ0) is 22.8. The second-order valence-corrected chi connectivity index (χ2v) is 7.96. The lowest BCUT2D eigenvalue weighted by atomic mass is 9.98. The molecule has 0 unspecified atom stereocenters. The van der Waals surface area contributed by atoms with Crippen LogP contribution < -0.4 is 15.4 Å². The highest BCUT2D eigenvalue weighted by atomic mass is 16.5. The van der Waals surface area contributed by atoms with Gasteiger partial charge in [0, 0.05) is 19.1 Å².